The molecule has 0 amide bonds. The van der Waals surface area contributed by atoms with Crippen LogP contribution in [-0.4, -0.2) is 23.1 Å². The van der Waals surface area contributed by atoms with E-state index in [1.807, 2.05) is 0 Å². The Labute approximate surface area is 326 Å². The lowest BCUT2D eigenvalue weighted by Gasteiger charge is -2.18. The number of esters is 1. The monoisotopic (exact) mass is 735 g/mol. The zero-order valence-electron chi connectivity index (χ0n) is 35.7. The number of ether oxygens (including phenoxy) is 1. The quantitative estimate of drug-likeness (QED) is 0.0500. The lowest BCUT2D eigenvalue weighted by atomic mass is 10.0. The molecule has 1 N–H and O–H groups in total. The van der Waals surface area contributed by atoms with Gasteiger partial charge in [0, 0.05) is 12.8 Å². The Kier molecular flexibility index (Phi) is 43.4. The lowest BCUT2D eigenvalue weighted by Crippen LogP contribution is -2.18. The molecule has 0 spiro atoms. The lowest BCUT2D eigenvalue weighted by molar-refractivity contribution is -0.150. The Morgan fingerprint density at radius 3 is 0.846 bits per heavy atom. The second-order valence-electron chi connectivity index (χ2n) is 16.7. The fourth-order valence-electron chi connectivity index (χ4n) is 7.78. The van der Waals surface area contributed by atoms with Gasteiger partial charge in [-0.15, -0.1) is 0 Å². The molecule has 0 aliphatic carbocycles. The van der Waals surface area contributed by atoms with Crippen LogP contribution in [0.25, 0.3) is 0 Å². The summed E-state index contributed by atoms with van der Waals surface area (Å²) in [6, 6.07) is 0. The molecule has 0 aromatic heterocycles. The van der Waals surface area contributed by atoms with Gasteiger partial charge < -0.3 is 9.84 Å². The van der Waals surface area contributed by atoms with Crippen molar-refractivity contribution in [3.8, 4) is 0 Å². The van der Waals surface area contributed by atoms with Gasteiger partial charge in [0.25, 0.3) is 0 Å². The van der Waals surface area contributed by atoms with Crippen LogP contribution in [0.15, 0.2) is 0 Å². The van der Waals surface area contributed by atoms with Crippen LogP contribution in [0.5, 0.6) is 0 Å². The van der Waals surface area contributed by atoms with Crippen molar-refractivity contribution in [2.75, 3.05) is 0 Å². The van der Waals surface area contributed by atoms with E-state index in [0.717, 1.165) is 64.2 Å². The zero-order valence-corrected chi connectivity index (χ0v) is 35.7. The van der Waals surface area contributed by atoms with Crippen LogP contribution < -0.4 is 0 Å². The molecule has 4 heteroatoms. The molecule has 0 aromatic rings. The number of aliphatic carboxylic acids is 1. The van der Waals surface area contributed by atoms with Crippen molar-refractivity contribution in [1.29, 1.82) is 0 Å². The molecule has 0 rings (SSSR count). The van der Waals surface area contributed by atoms with Gasteiger partial charge in [0.2, 0.25) is 0 Å². The summed E-state index contributed by atoms with van der Waals surface area (Å²) in [5.41, 5.74) is 0. The largest absolute Gasteiger partial charge is 0.481 e. The Hall–Kier alpha value is -1.06. The maximum atomic E-state index is 12.7. The van der Waals surface area contributed by atoms with E-state index in [0.29, 0.717) is 6.42 Å². The Balaban J connectivity index is 3.75. The third-order valence-corrected chi connectivity index (χ3v) is 11.3. The molecule has 0 aliphatic heterocycles. The van der Waals surface area contributed by atoms with Crippen molar-refractivity contribution >= 4 is 11.9 Å². The molecule has 0 heterocycles. The summed E-state index contributed by atoms with van der Waals surface area (Å²) in [5.74, 6) is -0.684. The molecule has 0 fully saturated rings. The first-order chi connectivity index (χ1) is 25.6. The van der Waals surface area contributed by atoms with Gasteiger partial charge in [-0.05, 0) is 38.5 Å². The van der Waals surface area contributed by atoms with Crippen molar-refractivity contribution in [2.45, 2.75) is 296 Å². The zero-order chi connectivity index (χ0) is 37.8. The number of hydrogen-bond donors (Lipinski definition) is 1. The fourth-order valence-corrected chi connectivity index (χ4v) is 7.78. The summed E-state index contributed by atoms with van der Waals surface area (Å²) in [7, 11) is 0. The first-order valence-corrected chi connectivity index (χ1v) is 24.0. The maximum Gasteiger partial charge on any atom is 0.306 e. The molecule has 1 atom stereocenters. The van der Waals surface area contributed by atoms with E-state index in [9.17, 15) is 9.59 Å². The minimum Gasteiger partial charge on any atom is -0.481 e. The third-order valence-electron chi connectivity index (χ3n) is 11.3. The number of hydrogen-bond acceptors (Lipinski definition) is 3. The van der Waals surface area contributed by atoms with Crippen LogP contribution in [-0.2, 0) is 14.3 Å². The molecule has 0 aromatic carbocycles. The van der Waals surface area contributed by atoms with Crippen LogP contribution in [0.2, 0.25) is 0 Å². The smallest absolute Gasteiger partial charge is 0.306 e. The number of carbonyl (C=O) groups excluding carboxylic acids is 1. The highest BCUT2D eigenvalue weighted by Gasteiger charge is 2.14. The van der Waals surface area contributed by atoms with Crippen LogP contribution in [0, 0.1) is 0 Å². The second kappa shape index (κ2) is 44.3. The highest BCUT2D eigenvalue weighted by molar-refractivity contribution is 5.69. The van der Waals surface area contributed by atoms with Crippen molar-refractivity contribution in [2.24, 2.45) is 0 Å². The molecule has 0 bridgehead atoms. The van der Waals surface area contributed by atoms with Gasteiger partial charge in [-0.1, -0.05) is 239 Å². The van der Waals surface area contributed by atoms with Gasteiger partial charge in [0.15, 0.2) is 0 Å². The summed E-state index contributed by atoms with van der Waals surface area (Å²) in [4.78, 5) is 23.5. The predicted octanol–water partition coefficient (Wildman–Crippen LogP) is 16.8. The normalized spacial score (nSPS) is 12.0. The molecule has 0 aliphatic rings. The van der Waals surface area contributed by atoms with Crippen LogP contribution in [0.3, 0.4) is 0 Å². The van der Waals surface area contributed by atoms with Crippen LogP contribution in [0.1, 0.15) is 290 Å². The Morgan fingerprint density at radius 1 is 0.346 bits per heavy atom. The van der Waals surface area contributed by atoms with Gasteiger partial charge in [-0.2, -0.15) is 0 Å². The standard InChI is InChI=1S/C48H94O4/c1-3-5-7-9-11-13-15-16-17-18-19-20-21-22-23-24-25-26-27-28-30-32-37-41-45-48(51)52-46(43-39-35-33-36-40-44-47(49)50)42-38-34-31-29-14-12-10-8-6-4-2/h46H,3-45H2,1-2H3,(H,49,50). The predicted molar refractivity (Wildman–Crippen MR) is 227 cm³/mol. The molecule has 0 saturated heterocycles. The summed E-state index contributed by atoms with van der Waals surface area (Å²) >= 11 is 0. The Morgan fingerprint density at radius 2 is 0.577 bits per heavy atom. The van der Waals surface area contributed by atoms with Crippen LogP contribution in [0.4, 0.5) is 0 Å². The summed E-state index contributed by atoms with van der Waals surface area (Å²) in [6.45, 7) is 4.57. The third kappa shape index (κ3) is 43.3. The topological polar surface area (TPSA) is 63.6 Å². The van der Waals surface area contributed by atoms with Crippen LogP contribution >= 0.6 is 0 Å². The summed E-state index contributed by atoms with van der Waals surface area (Å²) in [5, 5.41) is 8.84. The highest BCUT2D eigenvalue weighted by Crippen LogP contribution is 2.20. The number of carbonyl (C=O) groups is 2. The molecule has 310 valence electrons. The van der Waals surface area contributed by atoms with E-state index < -0.39 is 5.97 Å². The van der Waals surface area contributed by atoms with E-state index in [2.05, 4.69) is 13.8 Å². The average Bonchev–Trinajstić information content (AvgIpc) is 3.13. The average molecular weight is 735 g/mol. The van der Waals surface area contributed by atoms with Crippen molar-refractivity contribution in [1.82, 2.24) is 0 Å². The molecular weight excluding hydrogens is 641 g/mol. The first-order valence-electron chi connectivity index (χ1n) is 24.0. The Bertz CT molecular complexity index is 706. The number of unbranched alkanes of at least 4 members (excludes halogenated alkanes) is 36. The van der Waals surface area contributed by atoms with Gasteiger partial charge in [-0.3, -0.25) is 9.59 Å². The van der Waals surface area contributed by atoms with E-state index in [1.165, 1.54) is 199 Å². The minimum absolute atomic E-state index is 0.0114. The van der Waals surface area contributed by atoms with Crippen molar-refractivity contribution < 1.29 is 19.4 Å². The van der Waals surface area contributed by atoms with E-state index in [-0.39, 0.29) is 18.5 Å². The summed E-state index contributed by atoms with van der Waals surface area (Å²) < 4.78 is 6.03. The number of carboxylic acids is 1. The second-order valence-corrected chi connectivity index (χ2v) is 16.7. The molecular formula is C48H94O4. The summed E-state index contributed by atoms with van der Waals surface area (Å²) in [6.07, 6.45) is 54.5. The van der Waals surface area contributed by atoms with E-state index in [4.69, 9.17) is 9.84 Å². The van der Waals surface area contributed by atoms with Crippen molar-refractivity contribution in [3.05, 3.63) is 0 Å². The molecule has 1 unspecified atom stereocenters. The maximum absolute atomic E-state index is 12.7. The minimum atomic E-state index is -0.695. The number of rotatable bonds is 45. The molecule has 0 saturated carbocycles. The van der Waals surface area contributed by atoms with E-state index >= 15 is 0 Å². The first kappa shape index (κ1) is 50.9. The number of carboxylic acid groups (broad SMARTS) is 1. The van der Waals surface area contributed by atoms with Gasteiger partial charge in [-0.25, -0.2) is 0 Å². The highest BCUT2D eigenvalue weighted by atomic mass is 16.5. The van der Waals surface area contributed by atoms with Gasteiger partial charge in [0.05, 0.1) is 0 Å². The van der Waals surface area contributed by atoms with Gasteiger partial charge in [0.1, 0.15) is 6.10 Å². The fraction of sp³-hybridized carbons (Fsp3) is 0.958. The van der Waals surface area contributed by atoms with Gasteiger partial charge >= 0.3 is 11.9 Å². The SMILES string of the molecule is CCCCCCCCCCCCCCCCCCCCCCCCCCC(=O)OC(CCCCCCCCCCCC)CCCCCCCC(=O)O. The van der Waals surface area contributed by atoms with E-state index in [1.54, 1.807) is 0 Å². The van der Waals surface area contributed by atoms with Crippen molar-refractivity contribution in [3.63, 3.8) is 0 Å². The molecule has 4 nitrogen and oxygen atoms in total. The molecule has 52 heavy (non-hydrogen) atoms. The molecule has 0 radical (unpaired) electrons.